The van der Waals surface area contributed by atoms with Crippen LogP contribution in [0.4, 0.5) is 8.78 Å². The highest BCUT2D eigenvalue weighted by molar-refractivity contribution is 5.30. The quantitative estimate of drug-likeness (QED) is 0.858. The maximum absolute atomic E-state index is 14.0. The van der Waals surface area contributed by atoms with Gasteiger partial charge in [0.25, 0.3) is 0 Å². The van der Waals surface area contributed by atoms with Gasteiger partial charge in [-0.15, -0.1) is 0 Å². The van der Waals surface area contributed by atoms with Gasteiger partial charge in [0.1, 0.15) is 0 Å². The standard InChI is InChI=1S/C16H22F2O/c1-3-4-12-7-9-16(19,10-8-12)13-6-5-11(2)14(17)15(13)18/h5-6,12,19H,3-4,7-10H2,1-2H3. The molecule has 1 aliphatic rings. The summed E-state index contributed by atoms with van der Waals surface area (Å²) in [6, 6.07) is 3.08. The van der Waals surface area contributed by atoms with E-state index in [0.29, 0.717) is 18.8 Å². The van der Waals surface area contributed by atoms with Crippen LogP contribution in [-0.2, 0) is 5.60 Å². The van der Waals surface area contributed by atoms with E-state index < -0.39 is 17.2 Å². The van der Waals surface area contributed by atoms with Crippen molar-refractivity contribution in [1.29, 1.82) is 0 Å². The van der Waals surface area contributed by atoms with Crippen molar-refractivity contribution in [2.45, 2.75) is 58.0 Å². The average Bonchev–Trinajstić information content (AvgIpc) is 2.39. The molecule has 0 aromatic heterocycles. The Morgan fingerprint density at radius 3 is 2.42 bits per heavy atom. The molecule has 0 unspecified atom stereocenters. The lowest BCUT2D eigenvalue weighted by atomic mass is 9.74. The molecule has 0 heterocycles. The van der Waals surface area contributed by atoms with Gasteiger partial charge in [0.05, 0.1) is 5.60 Å². The van der Waals surface area contributed by atoms with E-state index in [1.165, 1.54) is 13.0 Å². The summed E-state index contributed by atoms with van der Waals surface area (Å²) < 4.78 is 27.6. The molecule has 0 radical (unpaired) electrons. The summed E-state index contributed by atoms with van der Waals surface area (Å²) in [6.45, 7) is 3.68. The van der Waals surface area contributed by atoms with Gasteiger partial charge >= 0.3 is 0 Å². The van der Waals surface area contributed by atoms with Crippen molar-refractivity contribution >= 4 is 0 Å². The largest absolute Gasteiger partial charge is 0.385 e. The molecule has 1 saturated carbocycles. The van der Waals surface area contributed by atoms with Crippen LogP contribution in [-0.4, -0.2) is 5.11 Å². The zero-order valence-corrected chi connectivity index (χ0v) is 11.7. The fraction of sp³-hybridized carbons (Fsp3) is 0.625. The number of aliphatic hydroxyl groups is 1. The molecule has 0 atom stereocenters. The molecule has 1 aromatic carbocycles. The predicted octanol–water partition coefficient (Wildman–Crippen LogP) is 4.45. The Kier molecular flexibility index (Phi) is 4.24. The minimum Gasteiger partial charge on any atom is -0.385 e. The maximum atomic E-state index is 14.0. The molecule has 2 rings (SSSR count). The van der Waals surface area contributed by atoms with E-state index in [9.17, 15) is 13.9 Å². The van der Waals surface area contributed by atoms with Crippen LogP contribution in [0.2, 0.25) is 0 Å². The highest BCUT2D eigenvalue weighted by atomic mass is 19.2. The van der Waals surface area contributed by atoms with Crippen LogP contribution in [0.15, 0.2) is 12.1 Å². The Morgan fingerprint density at radius 2 is 1.84 bits per heavy atom. The van der Waals surface area contributed by atoms with E-state index in [4.69, 9.17) is 0 Å². The second kappa shape index (κ2) is 5.58. The van der Waals surface area contributed by atoms with Gasteiger partial charge in [-0.25, -0.2) is 8.78 Å². The minimum absolute atomic E-state index is 0.130. The van der Waals surface area contributed by atoms with Gasteiger partial charge in [0.2, 0.25) is 0 Å². The highest BCUT2D eigenvalue weighted by Crippen LogP contribution is 2.42. The van der Waals surface area contributed by atoms with Gasteiger partial charge in [0.15, 0.2) is 11.6 Å². The van der Waals surface area contributed by atoms with Gasteiger partial charge in [-0.05, 0) is 44.1 Å². The topological polar surface area (TPSA) is 20.2 Å². The zero-order chi connectivity index (χ0) is 14.0. The molecule has 106 valence electrons. The first-order valence-corrected chi connectivity index (χ1v) is 7.15. The van der Waals surface area contributed by atoms with Crippen molar-refractivity contribution in [2.75, 3.05) is 0 Å². The first-order valence-electron chi connectivity index (χ1n) is 7.15. The van der Waals surface area contributed by atoms with Crippen LogP contribution in [0, 0.1) is 24.5 Å². The molecule has 1 nitrogen and oxygen atoms in total. The summed E-state index contributed by atoms with van der Waals surface area (Å²) in [6.07, 6.45) is 5.12. The number of hydrogen-bond donors (Lipinski definition) is 1. The molecule has 1 aromatic rings. The summed E-state index contributed by atoms with van der Waals surface area (Å²) in [5.74, 6) is -1.10. The van der Waals surface area contributed by atoms with Gasteiger partial charge < -0.3 is 5.11 Å². The SMILES string of the molecule is CCCC1CCC(O)(c2ccc(C)c(F)c2F)CC1. The summed E-state index contributed by atoms with van der Waals surface area (Å²) in [5.41, 5.74) is -0.780. The molecule has 0 saturated heterocycles. The summed E-state index contributed by atoms with van der Waals surface area (Å²) >= 11 is 0. The lowest BCUT2D eigenvalue weighted by Crippen LogP contribution is -2.32. The Hall–Kier alpha value is -0.960. The lowest BCUT2D eigenvalue weighted by molar-refractivity contribution is -0.0185. The van der Waals surface area contributed by atoms with Crippen molar-refractivity contribution in [3.05, 3.63) is 34.9 Å². The fourth-order valence-electron chi connectivity index (χ4n) is 3.13. The van der Waals surface area contributed by atoms with Crippen molar-refractivity contribution < 1.29 is 13.9 Å². The van der Waals surface area contributed by atoms with Crippen molar-refractivity contribution in [1.82, 2.24) is 0 Å². The van der Waals surface area contributed by atoms with Crippen LogP contribution in [0.1, 0.15) is 56.6 Å². The first-order chi connectivity index (χ1) is 8.98. The summed E-state index contributed by atoms with van der Waals surface area (Å²) in [7, 11) is 0. The van der Waals surface area contributed by atoms with Gasteiger partial charge in [-0.2, -0.15) is 0 Å². The van der Waals surface area contributed by atoms with Crippen LogP contribution in [0.25, 0.3) is 0 Å². The molecule has 19 heavy (non-hydrogen) atoms. The number of rotatable bonds is 3. The van der Waals surface area contributed by atoms with Crippen LogP contribution >= 0.6 is 0 Å². The maximum Gasteiger partial charge on any atom is 0.165 e. The van der Waals surface area contributed by atoms with E-state index in [1.54, 1.807) is 6.07 Å². The van der Waals surface area contributed by atoms with Crippen molar-refractivity contribution in [3.63, 3.8) is 0 Å². The van der Waals surface area contributed by atoms with E-state index in [-0.39, 0.29) is 11.1 Å². The van der Waals surface area contributed by atoms with E-state index in [1.807, 2.05) is 0 Å². The van der Waals surface area contributed by atoms with E-state index >= 15 is 0 Å². The third-order valence-corrected chi connectivity index (χ3v) is 4.41. The Labute approximate surface area is 113 Å². The number of halogens is 2. The second-order valence-electron chi connectivity index (χ2n) is 5.82. The number of hydrogen-bond acceptors (Lipinski definition) is 1. The molecule has 0 spiro atoms. The third kappa shape index (κ3) is 2.81. The summed E-state index contributed by atoms with van der Waals surface area (Å²) in [5, 5.41) is 10.6. The molecular formula is C16H22F2O. The molecule has 1 fully saturated rings. The second-order valence-corrected chi connectivity index (χ2v) is 5.82. The van der Waals surface area contributed by atoms with Crippen LogP contribution < -0.4 is 0 Å². The lowest BCUT2D eigenvalue weighted by Gasteiger charge is -2.36. The Balaban J connectivity index is 2.20. The number of benzene rings is 1. The zero-order valence-electron chi connectivity index (χ0n) is 11.7. The predicted molar refractivity (Wildman–Crippen MR) is 71.9 cm³/mol. The van der Waals surface area contributed by atoms with Crippen LogP contribution in [0.5, 0.6) is 0 Å². The highest BCUT2D eigenvalue weighted by Gasteiger charge is 2.37. The molecule has 1 N–H and O–H groups in total. The fourth-order valence-corrected chi connectivity index (χ4v) is 3.13. The van der Waals surface area contributed by atoms with Gasteiger partial charge in [-0.1, -0.05) is 31.9 Å². The monoisotopic (exact) mass is 268 g/mol. The number of aryl methyl sites for hydroxylation is 1. The Morgan fingerprint density at radius 1 is 1.21 bits per heavy atom. The molecule has 0 aliphatic heterocycles. The van der Waals surface area contributed by atoms with E-state index in [2.05, 4.69) is 6.92 Å². The molecule has 3 heteroatoms. The minimum atomic E-state index is -1.19. The van der Waals surface area contributed by atoms with E-state index in [0.717, 1.165) is 25.7 Å². The molecule has 0 amide bonds. The van der Waals surface area contributed by atoms with Crippen LogP contribution in [0.3, 0.4) is 0 Å². The smallest absolute Gasteiger partial charge is 0.165 e. The molecule has 1 aliphatic carbocycles. The normalized spacial score (nSPS) is 27.5. The van der Waals surface area contributed by atoms with Crippen molar-refractivity contribution in [2.24, 2.45) is 5.92 Å². The van der Waals surface area contributed by atoms with Crippen molar-refractivity contribution in [3.8, 4) is 0 Å². The first kappa shape index (κ1) is 14.4. The average molecular weight is 268 g/mol. The van der Waals surface area contributed by atoms with Gasteiger partial charge in [0, 0.05) is 5.56 Å². The molecule has 0 bridgehead atoms. The van der Waals surface area contributed by atoms with Gasteiger partial charge in [-0.3, -0.25) is 0 Å². The Bertz CT molecular complexity index is 448. The summed E-state index contributed by atoms with van der Waals surface area (Å²) in [4.78, 5) is 0. The molecular weight excluding hydrogens is 246 g/mol. The third-order valence-electron chi connectivity index (χ3n) is 4.41.